The number of nitrogens with two attached hydrogens (primary N) is 1. The summed E-state index contributed by atoms with van der Waals surface area (Å²) in [7, 11) is -1.57. The lowest BCUT2D eigenvalue weighted by atomic mass is 9.78. The molecule has 0 atom stereocenters. The minimum Gasteiger partial charge on any atom is -0.423 e. The normalized spacial score (nSPS) is 10.8. The van der Waals surface area contributed by atoms with E-state index in [1.807, 2.05) is 18.2 Å². The van der Waals surface area contributed by atoms with E-state index in [1.54, 1.807) is 36.7 Å². The summed E-state index contributed by atoms with van der Waals surface area (Å²) in [5.74, 6) is 0.542. The van der Waals surface area contributed by atoms with Crippen molar-refractivity contribution in [2.45, 2.75) is 0 Å². The van der Waals surface area contributed by atoms with Gasteiger partial charge in [-0.3, -0.25) is 0 Å². The predicted molar refractivity (Wildman–Crippen MR) is 100 cm³/mol. The number of hydrogen-bond acceptors (Lipinski definition) is 7. The van der Waals surface area contributed by atoms with Gasteiger partial charge in [0.1, 0.15) is 0 Å². The second-order valence-corrected chi connectivity index (χ2v) is 5.78. The Balaban J connectivity index is 1.95. The summed E-state index contributed by atoms with van der Waals surface area (Å²) < 4.78 is 0. The number of rotatable bonds is 3. The molecule has 0 amide bonds. The zero-order chi connectivity index (χ0) is 18.1. The van der Waals surface area contributed by atoms with Crippen LogP contribution in [0.25, 0.3) is 33.4 Å². The van der Waals surface area contributed by atoms with Gasteiger partial charge in [-0.15, -0.1) is 0 Å². The van der Waals surface area contributed by atoms with Crippen molar-refractivity contribution in [2.24, 2.45) is 0 Å². The predicted octanol–water partition coefficient (Wildman–Crippen LogP) is 1.02. The quantitative estimate of drug-likeness (QED) is 0.475. The highest BCUT2D eigenvalue weighted by Gasteiger charge is 2.17. The van der Waals surface area contributed by atoms with Gasteiger partial charge in [0.2, 0.25) is 0 Å². The zero-order valence-corrected chi connectivity index (χ0v) is 13.6. The molecule has 0 saturated heterocycles. The Morgan fingerprint density at radius 3 is 2.50 bits per heavy atom. The molecule has 0 aliphatic rings. The lowest BCUT2D eigenvalue weighted by Gasteiger charge is -2.12. The van der Waals surface area contributed by atoms with E-state index in [-0.39, 0.29) is 0 Å². The van der Waals surface area contributed by atoms with Crippen LogP contribution in [-0.2, 0) is 0 Å². The molecular weight excluding hydrogens is 329 g/mol. The fourth-order valence-electron chi connectivity index (χ4n) is 2.84. The fourth-order valence-corrected chi connectivity index (χ4v) is 2.84. The average molecular weight is 343 g/mol. The summed E-state index contributed by atoms with van der Waals surface area (Å²) in [5.41, 5.74) is 9.86. The van der Waals surface area contributed by atoms with Crippen LogP contribution in [-0.4, -0.2) is 37.3 Å². The molecule has 0 aliphatic heterocycles. The lowest BCUT2D eigenvalue weighted by Crippen LogP contribution is -2.29. The Morgan fingerprint density at radius 2 is 1.73 bits per heavy atom. The summed E-state index contributed by atoms with van der Waals surface area (Å²) >= 11 is 0. The Labute approximate surface area is 149 Å². The van der Waals surface area contributed by atoms with Crippen LogP contribution >= 0.6 is 0 Å². The van der Waals surface area contributed by atoms with Crippen molar-refractivity contribution < 1.29 is 10.0 Å². The van der Waals surface area contributed by atoms with Crippen LogP contribution < -0.4 is 11.2 Å². The van der Waals surface area contributed by atoms with Crippen LogP contribution in [0.4, 0.5) is 5.69 Å². The average Bonchev–Trinajstić information content (AvgIpc) is 2.68. The molecule has 0 unspecified atom stereocenters. The highest BCUT2D eigenvalue weighted by atomic mass is 16.4. The van der Waals surface area contributed by atoms with Crippen molar-refractivity contribution in [1.82, 2.24) is 20.2 Å². The maximum Gasteiger partial charge on any atom is 0.488 e. The molecule has 0 fully saturated rings. The van der Waals surface area contributed by atoms with Crippen LogP contribution in [0, 0.1) is 0 Å². The summed E-state index contributed by atoms with van der Waals surface area (Å²) in [4.78, 5) is 8.60. The van der Waals surface area contributed by atoms with E-state index >= 15 is 0 Å². The van der Waals surface area contributed by atoms with E-state index < -0.39 is 7.12 Å². The van der Waals surface area contributed by atoms with Gasteiger partial charge in [-0.1, -0.05) is 24.3 Å². The minimum absolute atomic E-state index is 0.374. The van der Waals surface area contributed by atoms with Crippen LogP contribution in [0.2, 0.25) is 0 Å². The first kappa shape index (κ1) is 16.1. The molecule has 4 rings (SSSR count). The zero-order valence-electron chi connectivity index (χ0n) is 13.6. The van der Waals surface area contributed by atoms with Gasteiger partial charge in [-0.25, -0.2) is 9.97 Å². The Morgan fingerprint density at radius 1 is 0.923 bits per heavy atom. The van der Waals surface area contributed by atoms with E-state index in [9.17, 15) is 10.0 Å². The van der Waals surface area contributed by atoms with Crippen LogP contribution in [0.3, 0.4) is 0 Å². The minimum atomic E-state index is -1.57. The first-order chi connectivity index (χ1) is 12.6. The largest absolute Gasteiger partial charge is 0.488 e. The van der Waals surface area contributed by atoms with Gasteiger partial charge in [0.15, 0.2) is 5.82 Å². The highest BCUT2D eigenvalue weighted by Crippen LogP contribution is 2.31. The number of nitrogens with zero attached hydrogens (tertiary/aromatic N) is 4. The smallest absolute Gasteiger partial charge is 0.423 e. The molecule has 7 nitrogen and oxygen atoms in total. The molecule has 0 radical (unpaired) electrons. The summed E-state index contributed by atoms with van der Waals surface area (Å²) in [5, 5.41) is 27.9. The molecule has 0 spiro atoms. The van der Waals surface area contributed by atoms with Crippen molar-refractivity contribution in [3.8, 4) is 22.5 Å². The third kappa shape index (κ3) is 2.87. The Hall–Kier alpha value is -3.36. The third-order valence-electron chi connectivity index (χ3n) is 4.13. The van der Waals surface area contributed by atoms with Crippen molar-refractivity contribution in [3.63, 3.8) is 0 Å². The molecule has 4 N–H and O–H groups in total. The highest BCUT2D eigenvalue weighted by molar-refractivity contribution is 6.58. The Kier molecular flexibility index (Phi) is 4.04. The monoisotopic (exact) mass is 343 g/mol. The molecular formula is C18H14BN5O2. The number of hydrogen-bond donors (Lipinski definition) is 3. The molecule has 0 saturated carbocycles. The number of nitrogen functional groups attached to an aromatic ring is 1. The van der Waals surface area contributed by atoms with Crippen LogP contribution in [0.5, 0.6) is 0 Å². The van der Waals surface area contributed by atoms with Gasteiger partial charge in [-0.05, 0) is 34.8 Å². The number of aromatic nitrogens is 4. The maximum atomic E-state index is 9.55. The first-order valence-electron chi connectivity index (χ1n) is 7.92. The van der Waals surface area contributed by atoms with E-state index in [1.165, 1.54) is 6.20 Å². The van der Waals surface area contributed by atoms with Crippen molar-refractivity contribution in [1.29, 1.82) is 0 Å². The molecule has 0 bridgehead atoms. The van der Waals surface area contributed by atoms with Gasteiger partial charge in [0.25, 0.3) is 0 Å². The summed E-state index contributed by atoms with van der Waals surface area (Å²) in [6.45, 7) is 0. The van der Waals surface area contributed by atoms with Crippen molar-refractivity contribution in [2.75, 3.05) is 5.73 Å². The first-order valence-corrected chi connectivity index (χ1v) is 7.92. The van der Waals surface area contributed by atoms with Gasteiger partial charge < -0.3 is 15.8 Å². The van der Waals surface area contributed by atoms with E-state index in [0.717, 1.165) is 22.1 Å². The molecule has 2 aromatic carbocycles. The van der Waals surface area contributed by atoms with E-state index in [4.69, 9.17) is 5.73 Å². The van der Waals surface area contributed by atoms with E-state index in [2.05, 4.69) is 20.2 Å². The SMILES string of the molecule is Nc1cnnc2cc(-c3cc(B(O)O)ccc3-c3ncccn3)ccc12. The summed E-state index contributed by atoms with van der Waals surface area (Å²) in [6, 6.07) is 12.5. The summed E-state index contributed by atoms with van der Waals surface area (Å²) in [6.07, 6.45) is 4.83. The second-order valence-electron chi connectivity index (χ2n) is 5.78. The third-order valence-corrected chi connectivity index (χ3v) is 4.13. The molecule has 8 heteroatoms. The van der Waals surface area contributed by atoms with Crippen LogP contribution in [0.15, 0.2) is 61.1 Å². The van der Waals surface area contributed by atoms with Gasteiger partial charge in [0.05, 0.1) is 17.4 Å². The fraction of sp³-hybridized carbons (Fsp3) is 0. The van der Waals surface area contributed by atoms with Crippen molar-refractivity contribution >= 4 is 29.2 Å². The molecule has 2 aromatic heterocycles. The van der Waals surface area contributed by atoms with Gasteiger partial charge >= 0.3 is 7.12 Å². The topological polar surface area (TPSA) is 118 Å². The maximum absolute atomic E-state index is 9.55. The lowest BCUT2D eigenvalue weighted by molar-refractivity contribution is 0.426. The van der Waals surface area contributed by atoms with Crippen LogP contribution in [0.1, 0.15) is 0 Å². The number of fused-ring (bicyclic) bond motifs is 1. The number of anilines is 1. The van der Waals surface area contributed by atoms with E-state index in [0.29, 0.717) is 22.5 Å². The molecule has 4 aromatic rings. The standard InChI is InChI=1S/C18H14BN5O2/c20-16-10-23-24-17-8-11(2-4-14(16)17)15-9-12(19(25)26)3-5-13(15)18-21-6-1-7-22-18/h1-10,25-26H,(H2,20,24). The Bertz CT molecular complexity index is 1090. The van der Waals surface area contributed by atoms with Gasteiger partial charge in [-0.2, -0.15) is 10.2 Å². The number of benzene rings is 2. The molecule has 26 heavy (non-hydrogen) atoms. The molecule has 0 aliphatic carbocycles. The molecule has 2 heterocycles. The second kappa shape index (κ2) is 6.51. The molecule has 126 valence electrons. The van der Waals surface area contributed by atoms with Crippen molar-refractivity contribution in [3.05, 3.63) is 61.1 Å². The van der Waals surface area contributed by atoms with Gasteiger partial charge in [0, 0.05) is 23.3 Å².